The summed E-state index contributed by atoms with van der Waals surface area (Å²) in [6.45, 7) is 0.763. The lowest BCUT2D eigenvalue weighted by atomic mass is 10.2. The molecule has 0 unspecified atom stereocenters. The van der Waals surface area contributed by atoms with Crippen molar-refractivity contribution < 1.29 is 4.79 Å². The van der Waals surface area contributed by atoms with E-state index in [2.05, 4.69) is 27.5 Å². The van der Waals surface area contributed by atoms with Crippen molar-refractivity contribution in [3.63, 3.8) is 0 Å². The monoisotopic (exact) mass is 265 g/mol. The lowest BCUT2D eigenvalue weighted by molar-refractivity contribution is 0.241. The van der Waals surface area contributed by atoms with Gasteiger partial charge in [0.2, 0.25) is 0 Å². The molecule has 1 aromatic heterocycles. The molecule has 20 heavy (non-hydrogen) atoms. The first-order chi connectivity index (χ1) is 9.84. The van der Waals surface area contributed by atoms with E-state index in [1.54, 1.807) is 12.4 Å². The van der Waals surface area contributed by atoms with E-state index in [0.29, 0.717) is 13.1 Å². The fraction of sp³-hybridized carbons (Fsp3) is 0.125. The Morgan fingerprint density at radius 2 is 1.95 bits per heavy atom. The van der Waals surface area contributed by atoms with Crippen molar-refractivity contribution in [1.82, 2.24) is 15.6 Å². The van der Waals surface area contributed by atoms with Crippen molar-refractivity contribution in [2.45, 2.75) is 6.54 Å². The van der Waals surface area contributed by atoms with Gasteiger partial charge in [-0.05, 0) is 23.8 Å². The third kappa shape index (κ3) is 4.83. The number of hydrogen-bond acceptors (Lipinski definition) is 2. The summed E-state index contributed by atoms with van der Waals surface area (Å²) < 4.78 is 0. The summed E-state index contributed by atoms with van der Waals surface area (Å²) in [5, 5.41) is 5.42. The molecule has 0 atom stereocenters. The number of pyridine rings is 1. The molecule has 0 saturated carbocycles. The minimum atomic E-state index is -0.240. The second-order valence-electron chi connectivity index (χ2n) is 4.07. The molecule has 2 aromatic rings. The van der Waals surface area contributed by atoms with Crippen LogP contribution in [0, 0.1) is 11.8 Å². The Bertz CT molecular complexity index is 600. The topological polar surface area (TPSA) is 54.0 Å². The van der Waals surface area contributed by atoms with Gasteiger partial charge >= 0.3 is 6.03 Å². The summed E-state index contributed by atoms with van der Waals surface area (Å²) in [6, 6.07) is 13.1. The average molecular weight is 265 g/mol. The van der Waals surface area contributed by atoms with Gasteiger partial charge in [0.25, 0.3) is 0 Å². The number of carbonyl (C=O) groups is 1. The van der Waals surface area contributed by atoms with E-state index in [1.165, 1.54) is 0 Å². The quantitative estimate of drug-likeness (QED) is 0.833. The van der Waals surface area contributed by atoms with Gasteiger partial charge in [0.1, 0.15) is 0 Å². The standard InChI is InChI=1S/C16H15N3O/c20-16(19-13-15-9-4-10-17-12-15)18-11-5-8-14-6-2-1-3-7-14/h1-4,6-7,9-10,12H,11,13H2,(H2,18,19,20). The summed E-state index contributed by atoms with van der Waals surface area (Å²) in [5.41, 5.74) is 1.89. The molecule has 2 N–H and O–H groups in total. The molecular weight excluding hydrogens is 250 g/mol. The van der Waals surface area contributed by atoms with Gasteiger partial charge in [0.15, 0.2) is 0 Å². The largest absolute Gasteiger partial charge is 0.334 e. The maximum atomic E-state index is 11.5. The van der Waals surface area contributed by atoms with Gasteiger partial charge < -0.3 is 10.6 Å². The molecule has 4 heteroatoms. The van der Waals surface area contributed by atoms with Gasteiger partial charge in [-0.2, -0.15) is 0 Å². The molecule has 0 aliphatic carbocycles. The molecule has 1 aromatic carbocycles. The van der Waals surface area contributed by atoms with Crippen molar-refractivity contribution in [3.05, 3.63) is 66.0 Å². The van der Waals surface area contributed by atoms with Gasteiger partial charge in [0.05, 0.1) is 6.54 Å². The van der Waals surface area contributed by atoms with Crippen LogP contribution in [-0.2, 0) is 6.54 Å². The second-order valence-corrected chi connectivity index (χ2v) is 4.07. The molecular formula is C16H15N3O. The van der Waals surface area contributed by atoms with Crippen LogP contribution in [0.3, 0.4) is 0 Å². The number of nitrogens with zero attached hydrogens (tertiary/aromatic N) is 1. The summed E-state index contributed by atoms with van der Waals surface area (Å²) in [6.07, 6.45) is 3.41. The van der Waals surface area contributed by atoms with E-state index < -0.39 is 0 Å². The second kappa shape index (κ2) is 7.59. The van der Waals surface area contributed by atoms with Crippen LogP contribution in [0.5, 0.6) is 0 Å². The van der Waals surface area contributed by atoms with E-state index in [4.69, 9.17) is 0 Å². The van der Waals surface area contributed by atoms with Crippen molar-refractivity contribution in [3.8, 4) is 11.8 Å². The van der Waals surface area contributed by atoms with E-state index >= 15 is 0 Å². The van der Waals surface area contributed by atoms with Crippen LogP contribution in [0.25, 0.3) is 0 Å². The molecule has 0 saturated heterocycles. The highest BCUT2D eigenvalue weighted by Gasteiger charge is 1.97. The van der Waals surface area contributed by atoms with Gasteiger partial charge in [0, 0.05) is 24.5 Å². The van der Waals surface area contributed by atoms with Gasteiger partial charge in [-0.1, -0.05) is 36.1 Å². The molecule has 0 bridgehead atoms. The zero-order valence-corrected chi connectivity index (χ0v) is 11.0. The van der Waals surface area contributed by atoms with Crippen molar-refractivity contribution >= 4 is 6.03 Å². The SMILES string of the molecule is O=C(NCC#Cc1ccccc1)NCc1cccnc1. The summed E-state index contributed by atoms with van der Waals surface area (Å²) in [7, 11) is 0. The first-order valence-electron chi connectivity index (χ1n) is 6.29. The fourth-order valence-electron chi connectivity index (χ4n) is 1.54. The third-order valence-corrected chi connectivity index (χ3v) is 2.52. The van der Waals surface area contributed by atoms with Crippen LogP contribution in [0.2, 0.25) is 0 Å². The highest BCUT2D eigenvalue weighted by Crippen LogP contribution is 1.94. The van der Waals surface area contributed by atoms with Crippen molar-refractivity contribution in [2.24, 2.45) is 0 Å². The number of urea groups is 1. The van der Waals surface area contributed by atoms with E-state index in [-0.39, 0.29) is 6.03 Å². The number of rotatable bonds is 3. The number of amides is 2. The molecule has 1 heterocycles. The summed E-state index contributed by atoms with van der Waals surface area (Å²) in [4.78, 5) is 15.5. The Kier molecular flexibility index (Phi) is 5.17. The molecule has 0 aliphatic heterocycles. The Morgan fingerprint density at radius 3 is 2.70 bits per heavy atom. The smallest absolute Gasteiger partial charge is 0.315 e. The molecule has 0 fully saturated rings. The number of aromatic nitrogens is 1. The lowest BCUT2D eigenvalue weighted by Gasteiger charge is -2.04. The molecule has 100 valence electrons. The minimum Gasteiger partial charge on any atom is -0.334 e. The Hall–Kier alpha value is -2.80. The maximum absolute atomic E-state index is 11.5. The summed E-state index contributed by atoms with van der Waals surface area (Å²) >= 11 is 0. The van der Waals surface area contributed by atoms with Crippen molar-refractivity contribution in [2.75, 3.05) is 6.54 Å². The van der Waals surface area contributed by atoms with E-state index in [0.717, 1.165) is 11.1 Å². The molecule has 0 radical (unpaired) electrons. The van der Waals surface area contributed by atoms with Crippen LogP contribution in [0.1, 0.15) is 11.1 Å². The summed E-state index contributed by atoms with van der Waals surface area (Å²) in [5.74, 6) is 5.87. The number of benzene rings is 1. The zero-order valence-electron chi connectivity index (χ0n) is 11.0. The van der Waals surface area contributed by atoms with E-state index in [9.17, 15) is 4.79 Å². The highest BCUT2D eigenvalue weighted by atomic mass is 16.2. The molecule has 2 amide bonds. The van der Waals surface area contributed by atoms with E-state index in [1.807, 2.05) is 42.5 Å². The molecule has 4 nitrogen and oxygen atoms in total. The number of nitrogens with one attached hydrogen (secondary N) is 2. The van der Waals surface area contributed by atoms with Crippen LogP contribution in [0.15, 0.2) is 54.9 Å². The molecule has 0 spiro atoms. The Balaban J connectivity index is 1.70. The minimum absolute atomic E-state index is 0.240. The Labute approximate surface area is 118 Å². The lowest BCUT2D eigenvalue weighted by Crippen LogP contribution is -2.35. The van der Waals surface area contributed by atoms with Gasteiger partial charge in [-0.25, -0.2) is 4.79 Å². The number of hydrogen-bond donors (Lipinski definition) is 2. The molecule has 2 rings (SSSR count). The first-order valence-corrected chi connectivity index (χ1v) is 6.29. The third-order valence-electron chi connectivity index (χ3n) is 2.52. The maximum Gasteiger partial charge on any atom is 0.315 e. The average Bonchev–Trinajstić information content (AvgIpc) is 2.52. The first kappa shape index (κ1) is 13.6. The van der Waals surface area contributed by atoms with Crippen LogP contribution < -0.4 is 10.6 Å². The zero-order chi connectivity index (χ0) is 14.0. The number of carbonyl (C=O) groups excluding carboxylic acids is 1. The van der Waals surface area contributed by atoms with Crippen LogP contribution >= 0.6 is 0 Å². The fourth-order valence-corrected chi connectivity index (χ4v) is 1.54. The van der Waals surface area contributed by atoms with Crippen molar-refractivity contribution in [1.29, 1.82) is 0 Å². The predicted octanol–water partition coefficient (Wildman–Crippen LogP) is 1.93. The van der Waals surface area contributed by atoms with Gasteiger partial charge in [-0.3, -0.25) is 4.98 Å². The normalized spacial score (nSPS) is 9.20. The van der Waals surface area contributed by atoms with Crippen LogP contribution in [-0.4, -0.2) is 17.6 Å². The highest BCUT2D eigenvalue weighted by molar-refractivity contribution is 5.74. The Morgan fingerprint density at radius 1 is 1.10 bits per heavy atom. The van der Waals surface area contributed by atoms with Crippen LogP contribution in [0.4, 0.5) is 4.79 Å². The van der Waals surface area contributed by atoms with Gasteiger partial charge in [-0.15, -0.1) is 0 Å². The predicted molar refractivity (Wildman–Crippen MR) is 77.8 cm³/mol. The molecule has 0 aliphatic rings.